The van der Waals surface area contributed by atoms with Gasteiger partial charge in [0.25, 0.3) is 0 Å². The lowest BCUT2D eigenvalue weighted by Gasteiger charge is -2.17. The lowest BCUT2D eigenvalue weighted by atomic mass is 10.2. The summed E-state index contributed by atoms with van der Waals surface area (Å²) >= 11 is 0. The first-order valence-electron chi connectivity index (χ1n) is 9.82. The minimum atomic E-state index is -3.22. The van der Waals surface area contributed by atoms with E-state index in [1.54, 1.807) is 36.4 Å². The average Bonchev–Trinajstić information content (AvgIpc) is 3.35. The van der Waals surface area contributed by atoms with E-state index in [-0.39, 0.29) is 5.75 Å². The summed E-state index contributed by atoms with van der Waals surface area (Å²) in [6.07, 6.45) is 0.637. The van der Waals surface area contributed by atoms with Crippen LogP contribution in [0.1, 0.15) is 12.0 Å². The van der Waals surface area contributed by atoms with Crippen molar-refractivity contribution in [3.63, 3.8) is 0 Å². The van der Waals surface area contributed by atoms with Crippen LogP contribution in [-0.2, 0) is 16.6 Å². The molecule has 4 aromatic rings. The van der Waals surface area contributed by atoms with Crippen molar-refractivity contribution < 1.29 is 12.8 Å². The summed E-state index contributed by atoms with van der Waals surface area (Å²) in [4.78, 5) is 0. The van der Waals surface area contributed by atoms with E-state index >= 15 is 0 Å². The van der Waals surface area contributed by atoms with E-state index in [1.807, 2.05) is 18.2 Å². The topological polar surface area (TPSA) is 92.5 Å². The SMILES string of the molecule is O=S1(=O)CCCN1c1cccc(CNc2ccc3nnc(-c4ccccc4F)n3n2)c1. The molecule has 5 rings (SSSR count). The molecule has 3 heterocycles. The first-order chi connectivity index (χ1) is 15.0. The van der Waals surface area contributed by atoms with Crippen molar-refractivity contribution in [2.24, 2.45) is 0 Å². The molecule has 2 aromatic heterocycles. The average molecular weight is 438 g/mol. The zero-order chi connectivity index (χ0) is 21.4. The van der Waals surface area contributed by atoms with Crippen LogP contribution < -0.4 is 9.62 Å². The van der Waals surface area contributed by atoms with E-state index in [1.165, 1.54) is 14.9 Å². The van der Waals surface area contributed by atoms with Crippen LogP contribution >= 0.6 is 0 Å². The van der Waals surface area contributed by atoms with Gasteiger partial charge < -0.3 is 5.32 Å². The van der Waals surface area contributed by atoms with Crippen LogP contribution in [0.4, 0.5) is 15.9 Å². The molecular formula is C21H19FN6O2S. The van der Waals surface area contributed by atoms with Crippen LogP contribution in [-0.4, -0.2) is 40.5 Å². The number of nitrogens with one attached hydrogen (secondary N) is 1. The molecule has 0 bridgehead atoms. The van der Waals surface area contributed by atoms with Gasteiger partial charge in [-0.3, -0.25) is 4.31 Å². The maximum absolute atomic E-state index is 14.2. The highest BCUT2D eigenvalue weighted by molar-refractivity contribution is 7.93. The molecule has 8 nitrogen and oxygen atoms in total. The molecule has 2 aromatic carbocycles. The van der Waals surface area contributed by atoms with E-state index in [2.05, 4.69) is 20.6 Å². The zero-order valence-corrected chi connectivity index (χ0v) is 17.3. The van der Waals surface area contributed by atoms with Crippen LogP contribution in [0.5, 0.6) is 0 Å². The summed E-state index contributed by atoms with van der Waals surface area (Å²) in [7, 11) is -3.22. The Morgan fingerprint density at radius 3 is 2.71 bits per heavy atom. The van der Waals surface area contributed by atoms with E-state index < -0.39 is 15.8 Å². The molecule has 1 aliphatic rings. The van der Waals surface area contributed by atoms with Crippen molar-refractivity contribution in [1.82, 2.24) is 19.8 Å². The standard InChI is InChI=1S/C21H19FN6O2S/c22-18-8-2-1-7-17(18)21-25-24-20-10-9-19(26-28(20)21)23-14-15-5-3-6-16(13-15)27-11-4-12-31(27,29)30/h1-3,5-10,13H,4,11-12,14H2,(H,23,26). The Balaban J connectivity index is 1.39. The van der Waals surface area contributed by atoms with Crippen LogP contribution in [0.2, 0.25) is 0 Å². The first-order valence-corrected chi connectivity index (χ1v) is 11.4. The fourth-order valence-corrected chi connectivity index (χ4v) is 5.19. The molecule has 0 aliphatic carbocycles. The maximum Gasteiger partial charge on any atom is 0.235 e. The third-order valence-electron chi connectivity index (χ3n) is 5.15. The Bertz CT molecular complexity index is 1370. The molecule has 0 amide bonds. The van der Waals surface area contributed by atoms with Gasteiger partial charge in [-0.25, -0.2) is 12.8 Å². The van der Waals surface area contributed by atoms with Gasteiger partial charge in [-0.2, -0.15) is 4.52 Å². The monoisotopic (exact) mass is 438 g/mol. The molecule has 1 aliphatic heterocycles. The van der Waals surface area contributed by atoms with Gasteiger partial charge >= 0.3 is 0 Å². The number of aromatic nitrogens is 4. The molecule has 0 unspecified atom stereocenters. The van der Waals surface area contributed by atoms with Crippen molar-refractivity contribution in [2.75, 3.05) is 21.9 Å². The summed E-state index contributed by atoms with van der Waals surface area (Å²) in [5, 5.41) is 15.9. The third-order valence-corrected chi connectivity index (χ3v) is 7.02. The minimum Gasteiger partial charge on any atom is -0.365 e. The van der Waals surface area contributed by atoms with Crippen molar-refractivity contribution in [1.29, 1.82) is 0 Å². The van der Waals surface area contributed by atoms with Crippen molar-refractivity contribution in [3.05, 3.63) is 72.0 Å². The molecule has 1 fully saturated rings. The van der Waals surface area contributed by atoms with Crippen molar-refractivity contribution in [2.45, 2.75) is 13.0 Å². The van der Waals surface area contributed by atoms with Crippen molar-refractivity contribution >= 4 is 27.2 Å². The first kappa shape index (κ1) is 19.4. The fourth-order valence-electron chi connectivity index (χ4n) is 3.64. The van der Waals surface area contributed by atoms with Gasteiger partial charge in [0.15, 0.2) is 11.5 Å². The van der Waals surface area contributed by atoms with Gasteiger partial charge in [0.1, 0.15) is 11.6 Å². The number of benzene rings is 2. The predicted octanol–water partition coefficient (Wildman–Crippen LogP) is 3.08. The minimum absolute atomic E-state index is 0.183. The second-order valence-corrected chi connectivity index (χ2v) is 9.27. The number of hydrogen-bond acceptors (Lipinski definition) is 6. The molecule has 31 heavy (non-hydrogen) atoms. The normalized spacial score (nSPS) is 15.5. The summed E-state index contributed by atoms with van der Waals surface area (Å²) in [5.41, 5.74) is 2.41. The molecular weight excluding hydrogens is 419 g/mol. The summed E-state index contributed by atoms with van der Waals surface area (Å²) in [6.45, 7) is 0.946. The largest absolute Gasteiger partial charge is 0.365 e. The summed E-state index contributed by atoms with van der Waals surface area (Å²) in [5.74, 6) is 0.663. The molecule has 0 spiro atoms. The Morgan fingerprint density at radius 1 is 1.03 bits per heavy atom. The molecule has 0 saturated carbocycles. The Kier molecular flexibility index (Phi) is 4.78. The summed E-state index contributed by atoms with van der Waals surface area (Å²) in [6, 6.07) is 17.3. The number of rotatable bonds is 5. The second-order valence-electron chi connectivity index (χ2n) is 7.26. The predicted molar refractivity (Wildman–Crippen MR) is 116 cm³/mol. The lowest BCUT2D eigenvalue weighted by Crippen LogP contribution is -2.25. The van der Waals surface area contributed by atoms with Gasteiger partial charge in [-0.15, -0.1) is 15.3 Å². The van der Waals surface area contributed by atoms with Crippen LogP contribution in [0, 0.1) is 5.82 Å². The Labute approximate surface area is 178 Å². The highest BCUT2D eigenvalue weighted by atomic mass is 32.2. The van der Waals surface area contributed by atoms with E-state index in [9.17, 15) is 12.8 Å². The number of anilines is 2. The van der Waals surface area contributed by atoms with Gasteiger partial charge in [0, 0.05) is 13.1 Å². The highest BCUT2D eigenvalue weighted by Crippen LogP contribution is 2.25. The lowest BCUT2D eigenvalue weighted by molar-refractivity contribution is 0.599. The quantitative estimate of drug-likeness (QED) is 0.515. The smallest absolute Gasteiger partial charge is 0.235 e. The zero-order valence-electron chi connectivity index (χ0n) is 16.4. The fraction of sp³-hybridized carbons (Fsp3) is 0.190. The van der Waals surface area contributed by atoms with Crippen LogP contribution in [0.25, 0.3) is 17.0 Å². The van der Waals surface area contributed by atoms with Crippen LogP contribution in [0.15, 0.2) is 60.7 Å². The van der Waals surface area contributed by atoms with Crippen LogP contribution in [0.3, 0.4) is 0 Å². The van der Waals surface area contributed by atoms with E-state index in [4.69, 9.17) is 0 Å². The molecule has 0 radical (unpaired) electrons. The van der Waals surface area contributed by atoms with Crippen molar-refractivity contribution in [3.8, 4) is 11.4 Å². The second kappa shape index (κ2) is 7.62. The summed E-state index contributed by atoms with van der Waals surface area (Å²) < 4.78 is 41.5. The Morgan fingerprint density at radius 2 is 1.90 bits per heavy atom. The van der Waals surface area contributed by atoms with E-state index in [0.717, 1.165) is 5.56 Å². The molecule has 1 N–H and O–H groups in total. The number of nitrogens with zero attached hydrogens (tertiary/aromatic N) is 5. The number of hydrogen-bond donors (Lipinski definition) is 1. The number of halogens is 1. The Hall–Kier alpha value is -3.53. The van der Waals surface area contributed by atoms with Gasteiger partial charge in [-0.05, 0) is 48.4 Å². The maximum atomic E-state index is 14.2. The van der Waals surface area contributed by atoms with Gasteiger partial charge in [0.2, 0.25) is 10.0 Å². The van der Waals surface area contributed by atoms with E-state index in [0.29, 0.717) is 48.1 Å². The van der Waals surface area contributed by atoms with Gasteiger partial charge in [-0.1, -0.05) is 24.3 Å². The number of sulfonamides is 1. The molecule has 158 valence electrons. The molecule has 0 atom stereocenters. The third kappa shape index (κ3) is 3.70. The number of fused-ring (bicyclic) bond motifs is 1. The highest BCUT2D eigenvalue weighted by Gasteiger charge is 2.28. The van der Waals surface area contributed by atoms with Gasteiger partial charge in [0.05, 0.1) is 17.0 Å². The molecule has 1 saturated heterocycles. The molecule has 10 heteroatoms.